The molecule has 152 valence electrons. The van der Waals surface area contributed by atoms with Gasteiger partial charge in [0, 0.05) is 11.8 Å². The van der Waals surface area contributed by atoms with E-state index in [1.165, 1.54) is 37.7 Å². The van der Waals surface area contributed by atoms with Gasteiger partial charge in [-0.25, -0.2) is 9.78 Å². The van der Waals surface area contributed by atoms with Gasteiger partial charge in [0.15, 0.2) is 5.69 Å². The van der Waals surface area contributed by atoms with E-state index in [2.05, 4.69) is 37.9 Å². The van der Waals surface area contributed by atoms with Gasteiger partial charge in [-0.3, -0.25) is 0 Å². The van der Waals surface area contributed by atoms with Crippen LogP contribution in [0.5, 0.6) is 0 Å². The molecule has 0 radical (unpaired) electrons. The molecular weight excluding hydrogens is 346 g/mol. The molecule has 1 atom stereocenters. The van der Waals surface area contributed by atoms with Crippen molar-refractivity contribution in [3.8, 4) is 11.1 Å². The number of rotatable bonds is 12. The molecule has 0 unspecified atom stereocenters. The lowest BCUT2D eigenvalue weighted by molar-refractivity contribution is 0.0691. The molecule has 0 spiro atoms. The lowest BCUT2D eigenvalue weighted by atomic mass is 9.95. The highest BCUT2D eigenvalue weighted by Crippen LogP contribution is 2.26. The number of hydrogen-bond acceptors (Lipinski definition) is 2. The third kappa shape index (κ3) is 6.78. The summed E-state index contributed by atoms with van der Waals surface area (Å²) in [5, 5.41) is 9.56. The Kier molecular flexibility index (Phi) is 9.19. The van der Waals surface area contributed by atoms with Gasteiger partial charge in [0.1, 0.15) is 0 Å². The van der Waals surface area contributed by atoms with Crippen LogP contribution >= 0.6 is 0 Å². The van der Waals surface area contributed by atoms with E-state index in [0.717, 1.165) is 42.4 Å². The predicted molar refractivity (Wildman–Crippen MR) is 117 cm³/mol. The van der Waals surface area contributed by atoms with E-state index in [4.69, 9.17) is 0 Å². The Bertz CT molecular complexity index is 737. The average Bonchev–Trinajstić information content (AvgIpc) is 2.70. The number of hydrogen-bond donors (Lipinski definition) is 1. The van der Waals surface area contributed by atoms with Crippen molar-refractivity contribution in [2.75, 3.05) is 0 Å². The van der Waals surface area contributed by atoms with E-state index in [1.54, 1.807) is 6.20 Å². The number of carboxylic acids is 1. The van der Waals surface area contributed by atoms with Crippen molar-refractivity contribution in [2.45, 2.75) is 78.6 Å². The average molecular weight is 382 g/mol. The van der Waals surface area contributed by atoms with Gasteiger partial charge in [-0.05, 0) is 47.9 Å². The minimum absolute atomic E-state index is 0.140. The van der Waals surface area contributed by atoms with E-state index in [9.17, 15) is 9.90 Å². The number of aromatic carboxylic acids is 1. The lowest BCUT2D eigenvalue weighted by Gasteiger charge is -2.11. The standard InChI is InChI=1S/C25H35NO2/c1-4-6-7-8-9-10-11-21-17-23(24(25(27)28)26-18-21)22-14-12-20(13-15-22)16-19(3)5-2/h12-15,17-19H,4-11,16H2,1-3H3,(H,27,28)/t19-/m0/s1. The zero-order valence-corrected chi connectivity index (χ0v) is 17.7. The number of unbranched alkanes of at least 4 members (excludes halogenated alkanes) is 5. The van der Waals surface area contributed by atoms with Crippen molar-refractivity contribution in [3.05, 3.63) is 53.3 Å². The van der Waals surface area contributed by atoms with Gasteiger partial charge in [0.2, 0.25) is 0 Å². The summed E-state index contributed by atoms with van der Waals surface area (Å²) in [7, 11) is 0. The van der Waals surface area contributed by atoms with Crippen LogP contribution in [0.15, 0.2) is 36.5 Å². The highest BCUT2D eigenvalue weighted by atomic mass is 16.4. The van der Waals surface area contributed by atoms with E-state index in [-0.39, 0.29) is 5.69 Å². The Balaban J connectivity index is 2.11. The third-order valence-electron chi connectivity index (χ3n) is 5.51. The quantitative estimate of drug-likeness (QED) is 0.405. The molecule has 0 aliphatic carbocycles. The van der Waals surface area contributed by atoms with Crippen molar-refractivity contribution in [3.63, 3.8) is 0 Å². The molecule has 1 N–H and O–H groups in total. The molecule has 2 rings (SSSR count). The van der Waals surface area contributed by atoms with Crippen molar-refractivity contribution in [1.82, 2.24) is 4.98 Å². The van der Waals surface area contributed by atoms with Crippen LogP contribution in [0, 0.1) is 5.92 Å². The summed E-state index contributed by atoms with van der Waals surface area (Å²) in [5.41, 5.74) is 4.22. The van der Waals surface area contributed by atoms with Gasteiger partial charge in [0.25, 0.3) is 0 Å². The molecule has 28 heavy (non-hydrogen) atoms. The number of nitrogens with zero attached hydrogens (tertiary/aromatic N) is 1. The van der Waals surface area contributed by atoms with Gasteiger partial charge in [-0.2, -0.15) is 0 Å². The van der Waals surface area contributed by atoms with Crippen LogP contribution in [0.3, 0.4) is 0 Å². The lowest BCUT2D eigenvalue weighted by Crippen LogP contribution is -2.05. The number of pyridine rings is 1. The molecule has 1 aromatic heterocycles. The molecule has 0 saturated carbocycles. The largest absolute Gasteiger partial charge is 0.476 e. The summed E-state index contributed by atoms with van der Waals surface area (Å²) in [4.78, 5) is 15.9. The second-order valence-electron chi connectivity index (χ2n) is 7.98. The van der Waals surface area contributed by atoms with Gasteiger partial charge >= 0.3 is 5.97 Å². The highest BCUT2D eigenvalue weighted by Gasteiger charge is 2.14. The summed E-state index contributed by atoms with van der Waals surface area (Å²) in [6.07, 6.45) is 12.4. The molecule has 2 aromatic rings. The highest BCUT2D eigenvalue weighted by molar-refractivity contribution is 5.94. The van der Waals surface area contributed by atoms with E-state index in [0.29, 0.717) is 5.92 Å². The molecule has 0 aliphatic rings. The Morgan fingerprint density at radius 3 is 2.32 bits per heavy atom. The fraction of sp³-hybridized carbons (Fsp3) is 0.520. The maximum Gasteiger partial charge on any atom is 0.355 e. The zero-order chi connectivity index (χ0) is 20.4. The van der Waals surface area contributed by atoms with Crippen LogP contribution in [0.25, 0.3) is 11.1 Å². The van der Waals surface area contributed by atoms with Crippen LogP contribution in [0.2, 0.25) is 0 Å². The van der Waals surface area contributed by atoms with E-state index in [1.807, 2.05) is 18.2 Å². The maximum atomic E-state index is 11.7. The normalized spacial score (nSPS) is 12.1. The Morgan fingerprint density at radius 2 is 1.68 bits per heavy atom. The van der Waals surface area contributed by atoms with Gasteiger partial charge in [-0.15, -0.1) is 0 Å². The van der Waals surface area contributed by atoms with Crippen molar-refractivity contribution in [2.24, 2.45) is 5.92 Å². The number of aryl methyl sites for hydroxylation is 1. The monoisotopic (exact) mass is 381 g/mol. The van der Waals surface area contributed by atoms with Crippen molar-refractivity contribution in [1.29, 1.82) is 0 Å². The first kappa shape index (κ1) is 22.1. The zero-order valence-electron chi connectivity index (χ0n) is 17.7. The topological polar surface area (TPSA) is 50.2 Å². The number of carbonyl (C=O) groups is 1. The third-order valence-corrected chi connectivity index (χ3v) is 5.51. The Labute approximate surface area is 170 Å². The number of carboxylic acid groups (broad SMARTS) is 1. The van der Waals surface area contributed by atoms with Gasteiger partial charge in [-0.1, -0.05) is 83.6 Å². The van der Waals surface area contributed by atoms with E-state index >= 15 is 0 Å². The summed E-state index contributed by atoms with van der Waals surface area (Å²) < 4.78 is 0. The van der Waals surface area contributed by atoms with Crippen molar-refractivity contribution < 1.29 is 9.90 Å². The van der Waals surface area contributed by atoms with E-state index < -0.39 is 5.97 Å². The first-order chi connectivity index (χ1) is 13.5. The van der Waals surface area contributed by atoms with Gasteiger partial charge < -0.3 is 5.11 Å². The molecule has 0 amide bonds. The van der Waals surface area contributed by atoms with Crippen LogP contribution in [0.4, 0.5) is 0 Å². The first-order valence-electron chi connectivity index (χ1n) is 10.9. The van der Waals surface area contributed by atoms with Crippen LogP contribution in [0.1, 0.15) is 87.3 Å². The minimum Gasteiger partial charge on any atom is -0.476 e. The molecule has 1 aromatic carbocycles. The maximum absolute atomic E-state index is 11.7. The molecule has 0 aliphatic heterocycles. The van der Waals surface area contributed by atoms with Gasteiger partial charge in [0.05, 0.1) is 0 Å². The number of benzene rings is 1. The fourth-order valence-corrected chi connectivity index (χ4v) is 3.51. The molecular formula is C25H35NO2. The van der Waals surface area contributed by atoms with Crippen LogP contribution in [-0.4, -0.2) is 16.1 Å². The van der Waals surface area contributed by atoms with Crippen LogP contribution < -0.4 is 0 Å². The summed E-state index contributed by atoms with van der Waals surface area (Å²) in [6.45, 7) is 6.69. The second kappa shape index (κ2) is 11.6. The smallest absolute Gasteiger partial charge is 0.355 e. The SMILES string of the molecule is CCCCCCCCc1cnc(C(=O)O)c(-c2ccc(C[C@@H](C)CC)cc2)c1. The minimum atomic E-state index is -0.968. The Hall–Kier alpha value is -2.16. The molecule has 3 nitrogen and oxygen atoms in total. The summed E-state index contributed by atoms with van der Waals surface area (Å²) in [5.74, 6) is -0.312. The Morgan fingerprint density at radius 1 is 1.00 bits per heavy atom. The predicted octanol–water partition coefficient (Wildman–Crippen LogP) is 6.94. The van der Waals surface area contributed by atoms with Crippen LogP contribution in [-0.2, 0) is 12.8 Å². The van der Waals surface area contributed by atoms with Crippen molar-refractivity contribution >= 4 is 5.97 Å². The molecule has 0 bridgehead atoms. The summed E-state index contributed by atoms with van der Waals surface area (Å²) in [6, 6.07) is 10.3. The molecule has 3 heteroatoms. The first-order valence-corrected chi connectivity index (χ1v) is 10.9. The molecule has 0 fully saturated rings. The second-order valence-corrected chi connectivity index (χ2v) is 7.98. The molecule has 1 heterocycles. The molecule has 0 saturated heterocycles. The fourth-order valence-electron chi connectivity index (χ4n) is 3.51. The number of aromatic nitrogens is 1. The summed E-state index contributed by atoms with van der Waals surface area (Å²) >= 11 is 0.